The van der Waals surface area contributed by atoms with Gasteiger partial charge in [0.2, 0.25) is 0 Å². The van der Waals surface area contributed by atoms with Gasteiger partial charge in [0.25, 0.3) is 0 Å². The molecule has 4 heteroatoms. The van der Waals surface area contributed by atoms with E-state index < -0.39 is 5.97 Å². The van der Waals surface area contributed by atoms with Crippen molar-refractivity contribution in [1.29, 1.82) is 0 Å². The lowest BCUT2D eigenvalue weighted by molar-refractivity contribution is 0.0695. The smallest absolute Gasteiger partial charge is 0.336 e. The number of aryl methyl sites for hydroxylation is 2. The minimum absolute atomic E-state index is 0.171. The van der Waals surface area contributed by atoms with E-state index in [9.17, 15) is 9.18 Å². The summed E-state index contributed by atoms with van der Waals surface area (Å²) in [6, 6.07) is 10.5. The minimum atomic E-state index is -0.930. The van der Waals surface area contributed by atoms with Crippen molar-refractivity contribution in [3.8, 4) is 0 Å². The number of nitrogens with one attached hydrogen (secondary N) is 1. The number of halogens is 1. The summed E-state index contributed by atoms with van der Waals surface area (Å²) in [6.45, 7) is 4.50. The Hall–Kier alpha value is -2.20. The molecular formula is C17H18FNO2. The average Bonchev–Trinajstić information content (AvgIpc) is 2.45. The molecule has 0 saturated carbocycles. The second-order valence-electron chi connectivity index (χ2n) is 5.11. The second kappa shape index (κ2) is 6.50. The van der Waals surface area contributed by atoms with Crippen LogP contribution >= 0.6 is 0 Å². The fourth-order valence-electron chi connectivity index (χ4n) is 2.36. The Labute approximate surface area is 123 Å². The third-order valence-electron chi connectivity index (χ3n) is 3.39. The first-order valence-corrected chi connectivity index (χ1v) is 6.76. The third-order valence-corrected chi connectivity index (χ3v) is 3.39. The molecule has 0 aliphatic rings. The molecule has 0 aliphatic heterocycles. The normalized spacial score (nSPS) is 10.6. The molecule has 2 aromatic rings. The lowest BCUT2D eigenvalue weighted by atomic mass is 10.1. The van der Waals surface area contributed by atoms with E-state index in [1.807, 2.05) is 6.07 Å². The lowest BCUT2D eigenvalue weighted by Crippen LogP contribution is -2.15. The molecule has 0 aromatic heterocycles. The van der Waals surface area contributed by atoms with Crippen molar-refractivity contribution in [1.82, 2.24) is 5.32 Å². The summed E-state index contributed by atoms with van der Waals surface area (Å²) in [7, 11) is 0. The molecule has 2 N–H and O–H groups in total. The third kappa shape index (κ3) is 3.67. The Morgan fingerprint density at radius 1 is 1.14 bits per heavy atom. The van der Waals surface area contributed by atoms with Crippen LogP contribution in [0.25, 0.3) is 0 Å². The van der Waals surface area contributed by atoms with Gasteiger partial charge in [-0.2, -0.15) is 0 Å². The van der Waals surface area contributed by atoms with E-state index in [4.69, 9.17) is 5.11 Å². The molecule has 21 heavy (non-hydrogen) atoms. The quantitative estimate of drug-likeness (QED) is 0.885. The summed E-state index contributed by atoms with van der Waals surface area (Å²) >= 11 is 0. The molecule has 3 nitrogen and oxygen atoms in total. The highest BCUT2D eigenvalue weighted by atomic mass is 19.1. The molecule has 0 fully saturated rings. The summed E-state index contributed by atoms with van der Waals surface area (Å²) in [5, 5.41) is 12.3. The van der Waals surface area contributed by atoms with Crippen LogP contribution in [-0.4, -0.2) is 11.1 Å². The average molecular weight is 287 g/mol. The van der Waals surface area contributed by atoms with Crippen molar-refractivity contribution < 1.29 is 14.3 Å². The number of aromatic carboxylic acids is 1. The molecule has 0 spiro atoms. The zero-order chi connectivity index (χ0) is 15.4. The number of hydrogen-bond acceptors (Lipinski definition) is 2. The Bertz CT molecular complexity index is 645. The van der Waals surface area contributed by atoms with E-state index in [2.05, 4.69) is 5.32 Å². The maximum atomic E-state index is 13.6. The van der Waals surface area contributed by atoms with Gasteiger partial charge in [-0.3, -0.25) is 0 Å². The van der Waals surface area contributed by atoms with Gasteiger partial charge in [-0.25, -0.2) is 9.18 Å². The SMILES string of the molecule is Cc1cc(CNCc2ccccc2C(=O)O)cc(C)c1F. The highest BCUT2D eigenvalue weighted by Gasteiger charge is 2.09. The predicted octanol–water partition coefficient (Wildman–Crippen LogP) is 3.43. The number of carboxylic acids is 1. The van der Waals surface area contributed by atoms with Crippen LogP contribution in [0.4, 0.5) is 4.39 Å². The molecular weight excluding hydrogens is 269 g/mol. The van der Waals surface area contributed by atoms with Gasteiger partial charge >= 0.3 is 5.97 Å². The Balaban J connectivity index is 2.04. The monoisotopic (exact) mass is 287 g/mol. The van der Waals surface area contributed by atoms with Crippen LogP contribution in [0.1, 0.15) is 32.6 Å². The number of benzene rings is 2. The van der Waals surface area contributed by atoms with Crippen LogP contribution in [0, 0.1) is 19.7 Å². The summed E-state index contributed by atoms with van der Waals surface area (Å²) in [4.78, 5) is 11.1. The molecule has 0 saturated heterocycles. The van der Waals surface area contributed by atoms with Crippen molar-refractivity contribution in [3.63, 3.8) is 0 Å². The van der Waals surface area contributed by atoms with Gasteiger partial charge in [0.1, 0.15) is 5.82 Å². The Kier molecular flexibility index (Phi) is 4.70. The first kappa shape index (κ1) is 15.2. The molecule has 2 aromatic carbocycles. The van der Waals surface area contributed by atoms with Crippen molar-refractivity contribution in [2.75, 3.05) is 0 Å². The Morgan fingerprint density at radius 3 is 2.38 bits per heavy atom. The van der Waals surface area contributed by atoms with Crippen LogP contribution in [-0.2, 0) is 13.1 Å². The van der Waals surface area contributed by atoms with E-state index >= 15 is 0 Å². The summed E-state index contributed by atoms with van der Waals surface area (Å²) in [5.74, 6) is -1.10. The van der Waals surface area contributed by atoms with Gasteiger partial charge in [0.05, 0.1) is 5.56 Å². The molecule has 0 unspecified atom stereocenters. The first-order valence-electron chi connectivity index (χ1n) is 6.76. The van der Waals surface area contributed by atoms with Crippen LogP contribution in [0.2, 0.25) is 0 Å². The topological polar surface area (TPSA) is 49.3 Å². The van der Waals surface area contributed by atoms with Gasteiger partial charge in [-0.05, 0) is 42.2 Å². The van der Waals surface area contributed by atoms with Crippen LogP contribution in [0.3, 0.4) is 0 Å². The van der Waals surface area contributed by atoms with E-state index in [0.717, 1.165) is 11.1 Å². The fourth-order valence-corrected chi connectivity index (χ4v) is 2.36. The molecule has 0 radical (unpaired) electrons. The molecule has 2 rings (SSSR count). The summed E-state index contributed by atoms with van der Waals surface area (Å²) < 4.78 is 13.6. The van der Waals surface area contributed by atoms with Crippen molar-refractivity contribution in [3.05, 3.63) is 70.0 Å². The first-order chi connectivity index (χ1) is 9.99. The van der Waals surface area contributed by atoms with Gasteiger partial charge in [0.15, 0.2) is 0 Å². The van der Waals surface area contributed by atoms with E-state index in [0.29, 0.717) is 29.8 Å². The molecule has 0 atom stereocenters. The molecule has 0 amide bonds. The minimum Gasteiger partial charge on any atom is -0.478 e. The zero-order valence-corrected chi connectivity index (χ0v) is 12.1. The van der Waals surface area contributed by atoms with E-state index in [1.54, 1.807) is 44.2 Å². The summed E-state index contributed by atoms with van der Waals surface area (Å²) in [5.41, 5.74) is 3.27. The summed E-state index contributed by atoms with van der Waals surface area (Å²) in [6.07, 6.45) is 0. The molecule has 110 valence electrons. The number of rotatable bonds is 5. The van der Waals surface area contributed by atoms with E-state index in [1.165, 1.54) is 0 Å². The van der Waals surface area contributed by atoms with Crippen molar-refractivity contribution in [2.45, 2.75) is 26.9 Å². The largest absolute Gasteiger partial charge is 0.478 e. The van der Waals surface area contributed by atoms with Crippen molar-refractivity contribution >= 4 is 5.97 Å². The number of carboxylic acid groups (broad SMARTS) is 1. The van der Waals surface area contributed by atoms with Gasteiger partial charge < -0.3 is 10.4 Å². The van der Waals surface area contributed by atoms with Crippen LogP contribution < -0.4 is 5.32 Å². The molecule has 0 aliphatic carbocycles. The zero-order valence-electron chi connectivity index (χ0n) is 12.1. The standard InChI is InChI=1S/C17H18FNO2/c1-11-7-13(8-12(2)16(11)18)9-19-10-14-5-3-4-6-15(14)17(20)21/h3-8,19H,9-10H2,1-2H3,(H,20,21). The van der Waals surface area contributed by atoms with Gasteiger partial charge in [0, 0.05) is 13.1 Å². The number of hydrogen-bond donors (Lipinski definition) is 2. The Morgan fingerprint density at radius 2 is 1.76 bits per heavy atom. The second-order valence-corrected chi connectivity index (χ2v) is 5.11. The fraction of sp³-hybridized carbons (Fsp3) is 0.235. The number of carbonyl (C=O) groups is 1. The van der Waals surface area contributed by atoms with Crippen molar-refractivity contribution in [2.24, 2.45) is 0 Å². The lowest BCUT2D eigenvalue weighted by Gasteiger charge is -2.10. The van der Waals surface area contributed by atoms with Gasteiger partial charge in [-0.15, -0.1) is 0 Å². The highest BCUT2D eigenvalue weighted by molar-refractivity contribution is 5.89. The van der Waals surface area contributed by atoms with E-state index in [-0.39, 0.29) is 5.82 Å². The van der Waals surface area contributed by atoms with Gasteiger partial charge in [-0.1, -0.05) is 30.3 Å². The highest BCUT2D eigenvalue weighted by Crippen LogP contribution is 2.15. The molecule has 0 heterocycles. The predicted molar refractivity (Wildman–Crippen MR) is 79.8 cm³/mol. The molecule has 0 bridgehead atoms. The maximum absolute atomic E-state index is 13.6. The maximum Gasteiger partial charge on any atom is 0.336 e. The van der Waals surface area contributed by atoms with Crippen LogP contribution in [0.15, 0.2) is 36.4 Å². The van der Waals surface area contributed by atoms with Crippen LogP contribution in [0.5, 0.6) is 0 Å².